The van der Waals surface area contributed by atoms with Crippen LogP contribution < -0.4 is 10.6 Å². The standard InChI is InChI=1S/C21H32BrN5O3/c1-21(2,3)24-19(29)14-26-9-11-27(12-10-26)20(30)15-25(4)13-18(28)23-17-8-6-5-7-16(17)22/h5-8H,9-15H2,1-4H3,(H,23,28)(H,24,29). The van der Waals surface area contributed by atoms with Crippen LogP contribution in [0.3, 0.4) is 0 Å². The fourth-order valence-corrected chi connectivity index (χ4v) is 3.58. The quantitative estimate of drug-likeness (QED) is 0.614. The van der Waals surface area contributed by atoms with Gasteiger partial charge in [-0.05, 0) is 55.9 Å². The largest absolute Gasteiger partial charge is 0.350 e. The number of benzene rings is 1. The molecule has 1 aromatic carbocycles. The van der Waals surface area contributed by atoms with Crippen LogP contribution >= 0.6 is 15.9 Å². The van der Waals surface area contributed by atoms with Crippen molar-refractivity contribution in [1.29, 1.82) is 0 Å². The second kappa shape index (κ2) is 10.9. The Balaban J connectivity index is 1.71. The Morgan fingerprint density at radius 1 is 1.03 bits per heavy atom. The molecule has 9 heteroatoms. The predicted molar refractivity (Wildman–Crippen MR) is 121 cm³/mol. The van der Waals surface area contributed by atoms with Crippen LogP contribution in [0.1, 0.15) is 20.8 Å². The minimum atomic E-state index is -0.248. The van der Waals surface area contributed by atoms with Crippen LogP contribution in [-0.4, -0.2) is 90.8 Å². The summed E-state index contributed by atoms with van der Waals surface area (Å²) in [5.41, 5.74) is 0.455. The summed E-state index contributed by atoms with van der Waals surface area (Å²) in [6.45, 7) is 9.00. The first-order valence-corrected chi connectivity index (χ1v) is 10.9. The molecule has 2 rings (SSSR count). The second-order valence-electron chi connectivity index (χ2n) is 8.66. The Hall–Kier alpha value is -1.97. The van der Waals surface area contributed by atoms with Crippen LogP contribution in [0.4, 0.5) is 5.69 Å². The highest BCUT2D eigenvalue weighted by Gasteiger charge is 2.24. The molecule has 1 saturated heterocycles. The third kappa shape index (κ3) is 8.41. The normalized spacial score (nSPS) is 15.2. The molecule has 1 aliphatic rings. The number of hydrogen-bond donors (Lipinski definition) is 2. The number of rotatable bonds is 7. The van der Waals surface area contributed by atoms with Gasteiger partial charge in [0.2, 0.25) is 17.7 Å². The van der Waals surface area contributed by atoms with Gasteiger partial charge in [-0.2, -0.15) is 0 Å². The van der Waals surface area contributed by atoms with E-state index in [1.54, 1.807) is 16.8 Å². The summed E-state index contributed by atoms with van der Waals surface area (Å²) in [5, 5.41) is 5.79. The van der Waals surface area contributed by atoms with Gasteiger partial charge in [-0.25, -0.2) is 0 Å². The highest BCUT2D eigenvalue weighted by Crippen LogP contribution is 2.20. The van der Waals surface area contributed by atoms with Crippen molar-refractivity contribution >= 4 is 39.3 Å². The average molecular weight is 482 g/mol. The molecule has 0 saturated carbocycles. The van der Waals surface area contributed by atoms with Crippen molar-refractivity contribution in [3.8, 4) is 0 Å². The Labute approximate surface area is 187 Å². The van der Waals surface area contributed by atoms with Crippen molar-refractivity contribution < 1.29 is 14.4 Å². The maximum absolute atomic E-state index is 12.6. The van der Waals surface area contributed by atoms with Gasteiger partial charge in [0.05, 0.1) is 25.3 Å². The third-order valence-corrected chi connectivity index (χ3v) is 5.26. The fourth-order valence-electron chi connectivity index (χ4n) is 3.20. The Morgan fingerprint density at radius 3 is 2.27 bits per heavy atom. The van der Waals surface area contributed by atoms with E-state index < -0.39 is 0 Å². The lowest BCUT2D eigenvalue weighted by Gasteiger charge is -2.35. The maximum Gasteiger partial charge on any atom is 0.238 e. The Morgan fingerprint density at radius 2 is 1.67 bits per heavy atom. The first kappa shape index (κ1) is 24.3. The van der Waals surface area contributed by atoms with Crippen molar-refractivity contribution in [1.82, 2.24) is 20.0 Å². The van der Waals surface area contributed by atoms with E-state index in [1.165, 1.54) is 0 Å². The summed E-state index contributed by atoms with van der Waals surface area (Å²) in [5.74, 6) is -0.185. The lowest BCUT2D eigenvalue weighted by molar-refractivity contribution is -0.134. The Bertz CT molecular complexity index is 757. The highest BCUT2D eigenvalue weighted by atomic mass is 79.9. The summed E-state index contributed by atoms with van der Waals surface area (Å²) in [7, 11) is 1.75. The minimum absolute atomic E-state index is 0.00178. The van der Waals surface area contributed by atoms with Gasteiger partial charge in [-0.3, -0.25) is 24.2 Å². The highest BCUT2D eigenvalue weighted by molar-refractivity contribution is 9.10. The van der Waals surface area contributed by atoms with Crippen molar-refractivity contribution in [2.24, 2.45) is 0 Å². The minimum Gasteiger partial charge on any atom is -0.350 e. The number of carbonyl (C=O) groups excluding carboxylic acids is 3. The van der Waals surface area contributed by atoms with E-state index in [0.29, 0.717) is 38.4 Å². The van der Waals surface area contributed by atoms with Crippen LogP contribution in [0.25, 0.3) is 0 Å². The molecular weight excluding hydrogens is 450 g/mol. The van der Waals surface area contributed by atoms with Gasteiger partial charge in [0.15, 0.2) is 0 Å². The van der Waals surface area contributed by atoms with Crippen LogP contribution in [-0.2, 0) is 14.4 Å². The lowest BCUT2D eigenvalue weighted by Crippen LogP contribution is -2.54. The monoisotopic (exact) mass is 481 g/mol. The molecule has 0 aromatic heterocycles. The molecule has 166 valence electrons. The molecular formula is C21H32BrN5O3. The van der Waals surface area contributed by atoms with Gasteiger partial charge in [-0.15, -0.1) is 0 Å². The molecule has 0 spiro atoms. The van der Waals surface area contributed by atoms with E-state index in [4.69, 9.17) is 0 Å². The first-order chi connectivity index (χ1) is 14.0. The van der Waals surface area contributed by atoms with Crippen LogP contribution in [0.2, 0.25) is 0 Å². The Kier molecular flexibility index (Phi) is 8.81. The number of nitrogens with one attached hydrogen (secondary N) is 2. The summed E-state index contributed by atoms with van der Waals surface area (Å²) in [6.07, 6.45) is 0. The molecule has 0 unspecified atom stereocenters. The molecule has 2 N–H and O–H groups in total. The number of amides is 3. The van der Waals surface area contributed by atoms with Gasteiger partial charge < -0.3 is 15.5 Å². The van der Waals surface area contributed by atoms with Gasteiger partial charge in [0.1, 0.15) is 0 Å². The lowest BCUT2D eigenvalue weighted by atomic mass is 10.1. The van der Waals surface area contributed by atoms with E-state index in [9.17, 15) is 14.4 Å². The molecule has 0 aliphatic carbocycles. The number of anilines is 1. The molecule has 30 heavy (non-hydrogen) atoms. The van der Waals surface area contributed by atoms with Gasteiger partial charge >= 0.3 is 0 Å². The maximum atomic E-state index is 12.6. The fraction of sp³-hybridized carbons (Fsp3) is 0.571. The summed E-state index contributed by atoms with van der Waals surface area (Å²) in [4.78, 5) is 42.4. The zero-order valence-electron chi connectivity index (χ0n) is 18.2. The molecule has 3 amide bonds. The van der Waals surface area contributed by atoms with E-state index >= 15 is 0 Å². The zero-order chi connectivity index (χ0) is 22.3. The summed E-state index contributed by atoms with van der Waals surface area (Å²) < 4.78 is 0.811. The third-order valence-electron chi connectivity index (χ3n) is 4.57. The van der Waals surface area contributed by atoms with Gasteiger partial charge in [0.25, 0.3) is 0 Å². The number of halogens is 1. The smallest absolute Gasteiger partial charge is 0.238 e. The SMILES string of the molecule is CN(CC(=O)Nc1ccccc1Br)CC(=O)N1CCN(CC(=O)NC(C)(C)C)CC1. The summed E-state index contributed by atoms with van der Waals surface area (Å²) >= 11 is 3.40. The van der Waals surface area contributed by atoms with Crippen LogP contribution in [0.5, 0.6) is 0 Å². The summed E-state index contributed by atoms with van der Waals surface area (Å²) in [6, 6.07) is 7.39. The molecule has 1 aliphatic heterocycles. The van der Waals surface area contributed by atoms with Crippen molar-refractivity contribution in [2.45, 2.75) is 26.3 Å². The van der Waals surface area contributed by atoms with Crippen molar-refractivity contribution in [2.75, 3.05) is 58.2 Å². The first-order valence-electron chi connectivity index (χ1n) is 10.1. The molecule has 0 atom stereocenters. The topological polar surface area (TPSA) is 85.0 Å². The molecule has 0 radical (unpaired) electrons. The predicted octanol–water partition coefficient (Wildman–Crippen LogP) is 1.38. The van der Waals surface area contributed by atoms with Crippen LogP contribution in [0.15, 0.2) is 28.7 Å². The molecule has 1 heterocycles. The molecule has 1 aromatic rings. The molecule has 0 bridgehead atoms. The van der Waals surface area contributed by atoms with Gasteiger partial charge in [0, 0.05) is 36.2 Å². The second-order valence-corrected chi connectivity index (χ2v) is 9.51. The van der Waals surface area contributed by atoms with E-state index in [1.807, 2.05) is 45.0 Å². The molecule has 8 nitrogen and oxygen atoms in total. The number of carbonyl (C=O) groups is 3. The number of piperazine rings is 1. The number of likely N-dealkylation sites (N-methyl/N-ethyl adjacent to an activating group) is 1. The number of nitrogens with zero attached hydrogens (tertiary/aromatic N) is 3. The molecule has 1 fully saturated rings. The van der Waals surface area contributed by atoms with E-state index in [0.717, 1.165) is 4.47 Å². The van der Waals surface area contributed by atoms with E-state index in [-0.39, 0.29) is 36.3 Å². The van der Waals surface area contributed by atoms with E-state index in [2.05, 4.69) is 31.5 Å². The van der Waals surface area contributed by atoms with Crippen LogP contribution in [0, 0.1) is 0 Å². The van der Waals surface area contributed by atoms with Crippen molar-refractivity contribution in [3.63, 3.8) is 0 Å². The average Bonchev–Trinajstić information content (AvgIpc) is 2.62. The van der Waals surface area contributed by atoms with Gasteiger partial charge in [-0.1, -0.05) is 12.1 Å². The van der Waals surface area contributed by atoms with Crippen molar-refractivity contribution in [3.05, 3.63) is 28.7 Å². The number of para-hydroxylation sites is 1. The number of hydrogen-bond acceptors (Lipinski definition) is 5. The zero-order valence-corrected chi connectivity index (χ0v) is 19.8.